The van der Waals surface area contributed by atoms with Crippen LogP contribution in [0.2, 0.25) is 0 Å². The Hall–Kier alpha value is -0.120. The van der Waals surface area contributed by atoms with Crippen molar-refractivity contribution in [3.8, 4) is 0 Å². The fourth-order valence-corrected chi connectivity index (χ4v) is 7.76. The maximum absolute atomic E-state index is 3.73. The Kier molecular flexibility index (Phi) is 47.8. The third-order valence-corrected chi connectivity index (χ3v) is 11.4. The lowest BCUT2D eigenvalue weighted by molar-refractivity contribution is 0.254. The highest BCUT2D eigenvalue weighted by Gasteiger charge is 2.05. The zero-order chi connectivity index (χ0) is 36.8. The van der Waals surface area contributed by atoms with Crippen LogP contribution < -0.4 is 10.6 Å². The third-order valence-electron chi connectivity index (χ3n) is 11.4. The lowest BCUT2D eigenvalue weighted by Gasteiger charge is -2.22. The second kappa shape index (κ2) is 47.9. The van der Waals surface area contributed by atoms with E-state index in [1.165, 1.54) is 290 Å². The SMILES string of the molecule is CCCCCCCCCCCCNCCCCCCNCCCCCCN(CCCCCCCCCCCC)CCCCCCCCCCCC. The van der Waals surface area contributed by atoms with Crippen LogP contribution in [0.3, 0.4) is 0 Å². The molecule has 0 heterocycles. The number of rotatable bonds is 47. The zero-order valence-corrected chi connectivity index (χ0v) is 36.3. The second-order valence-electron chi connectivity index (χ2n) is 16.7. The summed E-state index contributed by atoms with van der Waals surface area (Å²) >= 11 is 0. The van der Waals surface area contributed by atoms with Crippen molar-refractivity contribution in [2.24, 2.45) is 0 Å². The molecule has 0 saturated carbocycles. The third kappa shape index (κ3) is 46.0. The highest BCUT2D eigenvalue weighted by Crippen LogP contribution is 2.14. The van der Waals surface area contributed by atoms with Crippen LogP contribution in [0.1, 0.15) is 265 Å². The van der Waals surface area contributed by atoms with E-state index < -0.39 is 0 Å². The summed E-state index contributed by atoms with van der Waals surface area (Å²) in [6, 6.07) is 0. The Balaban J connectivity index is 3.71. The van der Waals surface area contributed by atoms with E-state index in [1.807, 2.05) is 0 Å². The van der Waals surface area contributed by atoms with Gasteiger partial charge in [-0.2, -0.15) is 0 Å². The minimum Gasteiger partial charge on any atom is -0.317 e. The van der Waals surface area contributed by atoms with Crippen LogP contribution in [0.15, 0.2) is 0 Å². The van der Waals surface area contributed by atoms with Gasteiger partial charge in [-0.25, -0.2) is 0 Å². The first-order valence-corrected chi connectivity index (χ1v) is 24.5. The summed E-state index contributed by atoms with van der Waals surface area (Å²) in [7, 11) is 0. The molecule has 0 aromatic heterocycles. The molecule has 0 fully saturated rings. The zero-order valence-electron chi connectivity index (χ0n) is 36.3. The van der Waals surface area contributed by atoms with E-state index in [4.69, 9.17) is 0 Å². The van der Waals surface area contributed by atoms with Crippen molar-refractivity contribution in [1.82, 2.24) is 15.5 Å². The molecule has 3 heteroatoms. The summed E-state index contributed by atoms with van der Waals surface area (Å²) in [6.07, 6.45) is 54.3. The van der Waals surface area contributed by atoms with Crippen molar-refractivity contribution in [1.29, 1.82) is 0 Å². The molecule has 3 nitrogen and oxygen atoms in total. The minimum atomic E-state index is 1.22. The van der Waals surface area contributed by atoms with Gasteiger partial charge in [0.2, 0.25) is 0 Å². The van der Waals surface area contributed by atoms with Crippen molar-refractivity contribution in [2.75, 3.05) is 45.8 Å². The van der Waals surface area contributed by atoms with Gasteiger partial charge in [-0.15, -0.1) is 0 Å². The molecule has 0 rings (SSSR count). The van der Waals surface area contributed by atoms with Gasteiger partial charge >= 0.3 is 0 Å². The summed E-state index contributed by atoms with van der Waals surface area (Å²) in [5.74, 6) is 0. The topological polar surface area (TPSA) is 27.3 Å². The van der Waals surface area contributed by atoms with Gasteiger partial charge in [0.15, 0.2) is 0 Å². The van der Waals surface area contributed by atoms with Gasteiger partial charge in [-0.05, 0) is 90.8 Å². The highest BCUT2D eigenvalue weighted by atomic mass is 15.1. The average molecular weight is 720 g/mol. The lowest BCUT2D eigenvalue weighted by Crippen LogP contribution is -2.27. The molecule has 51 heavy (non-hydrogen) atoms. The molecule has 0 aliphatic carbocycles. The van der Waals surface area contributed by atoms with Crippen LogP contribution >= 0.6 is 0 Å². The fourth-order valence-electron chi connectivity index (χ4n) is 7.76. The Labute approximate surface area is 325 Å². The fraction of sp³-hybridized carbons (Fsp3) is 1.00. The van der Waals surface area contributed by atoms with Crippen LogP contribution in [-0.4, -0.2) is 50.7 Å². The summed E-state index contributed by atoms with van der Waals surface area (Å²) in [5, 5.41) is 7.42. The van der Waals surface area contributed by atoms with Crippen molar-refractivity contribution >= 4 is 0 Å². The van der Waals surface area contributed by atoms with Crippen LogP contribution in [-0.2, 0) is 0 Å². The maximum atomic E-state index is 3.73. The summed E-state index contributed by atoms with van der Waals surface area (Å²) in [6.45, 7) is 15.9. The number of hydrogen-bond acceptors (Lipinski definition) is 3. The molecule has 0 spiro atoms. The van der Waals surface area contributed by atoms with Gasteiger partial charge in [-0.1, -0.05) is 220 Å². The quantitative estimate of drug-likeness (QED) is 0.0613. The standard InChI is InChI=1S/C48H101N3/c1-4-7-10-13-16-19-22-25-28-35-42-49-43-36-29-30-37-44-50-45-38-31-34-41-48-51(46-39-32-26-23-20-17-14-11-8-5-2)47-40-33-27-24-21-18-15-12-9-6-3/h49-50H,4-48H2,1-3H3. The normalized spacial score (nSPS) is 11.8. The first-order valence-electron chi connectivity index (χ1n) is 24.5. The van der Waals surface area contributed by atoms with E-state index in [-0.39, 0.29) is 0 Å². The molecule has 0 amide bonds. The summed E-state index contributed by atoms with van der Waals surface area (Å²) < 4.78 is 0. The predicted molar refractivity (Wildman–Crippen MR) is 235 cm³/mol. The van der Waals surface area contributed by atoms with E-state index in [9.17, 15) is 0 Å². The molecule has 0 aromatic rings. The summed E-state index contributed by atoms with van der Waals surface area (Å²) in [5.41, 5.74) is 0. The van der Waals surface area contributed by atoms with Crippen molar-refractivity contribution < 1.29 is 0 Å². The van der Waals surface area contributed by atoms with E-state index in [1.54, 1.807) is 0 Å². The molecule has 0 aliphatic rings. The minimum absolute atomic E-state index is 1.22. The Morgan fingerprint density at radius 1 is 0.216 bits per heavy atom. The number of hydrogen-bond donors (Lipinski definition) is 2. The largest absolute Gasteiger partial charge is 0.317 e. The van der Waals surface area contributed by atoms with Crippen LogP contribution in [0, 0.1) is 0 Å². The molecule has 0 unspecified atom stereocenters. The van der Waals surface area contributed by atoms with Crippen LogP contribution in [0.25, 0.3) is 0 Å². The molecule has 0 radical (unpaired) electrons. The van der Waals surface area contributed by atoms with Crippen molar-refractivity contribution in [2.45, 2.75) is 265 Å². The van der Waals surface area contributed by atoms with Gasteiger partial charge in [-0.3, -0.25) is 0 Å². The second-order valence-corrected chi connectivity index (χ2v) is 16.7. The van der Waals surface area contributed by atoms with Crippen molar-refractivity contribution in [3.05, 3.63) is 0 Å². The summed E-state index contributed by atoms with van der Waals surface area (Å²) in [4.78, 5) is 2.85. The molecule has 2 N–H and O–H groups in total. The van der Waals surface area contributed by atoms with E-state index in [0.29, 0.717) is 0 Å². The van der Waals surface area contributed by atoms with Crippen LogP contribution in [0.5, 0.6) is 0 Å². The molecular weight excluding hydrogens is 619 g/mol. The molecule has 0 bridgehead atoms. The van der Waals surface area contributed by atoms with E-state index >= 15 is 0 Å². The number of nitrogens with one attached hydrogen (secondary N) is 2. The van der Waals surface area contributed by atoms with E-state index in [0.717, 1.165) is 0 Å². The molecule has 308 valence electrons. The Morgan fingerprint density at radius 3 is 0.608 bits per heavy atom. The molecule has 0 atom stereocenters. The first-order chi connectivity index (χ1) is 25.3. The molecule has 0 saturated heterocycles. The van der Waals surface area contributed by atoms with E-state index in [2.05, 4.69) is 36.3 Å². The van der Waals surface area contributed by atoms with Crippen molar-refractivity contribution in [3.63, 3.8) is 0 Å². The van der Waals surface area contributed by atoms with Gasteiger partial charge in [0.25, 0.3) is 0 Å². The molecule has 0 aromatic carbocycles. The average Bonchev–Trinajstić information content (AvgIpc) is 3.14. The van der Waals surface area contributed by atoms with Gasteiger partial charge in [0.05, 0.1) is 0 Å². The number of unbranched alkanes of at least 4 members (excludes halogenated alkanes) is 33. The highest BCUT2D eigenvalue weighted by molar-refractivity contribution is 4.61. The van der Waals surface area contributed by atoms with Gasteiger partial charge in [0.1, 0.15) is 0 Å². The Bertz CT molecular complexity index is 557. The smallest absolute Gasteiger partial charge is 0.00187 e. The first kappa shape index (κ1) is 50.9. The molecule has 0 aliphatic heterocycles. The predicted octanol–water partition coefficient (Wildman–Crippen LogP) is 15.4. The van der Waals surface area contributed by atoms with Gasteiger partial charge in [0, 0.05) is 0 Å². The lowest BCUT2D eigenvalue weighted by atomic mass is 10.1. The van der Waals surface area contributed by atoms with Gasteiger partial charge < -0.3 is 15.5 Å². The van der Waals surface area contributed by atoms with Crippen LogP contribution in [0.4, 0.5) is 0 Å². The number of nitrogens with zero attached hydrogens (tertiary/aromatic N) is 1. The maximum Gasteiger partial charge on any atom is -0.00187 e. The molecular formula is C48H101N3. The monoisotopic (exact) mass is 720 g/mol. The Morgan fingerprint density at radius 2 is 0.392 bits per heavy atom.